The number of carbonyl (C=O) groups excluding carboxylic acids is 1. The van der Waals surface area contributed by atoms with Gasteiger partial charge in [0.2, 0.25) is 0 Å². The van der Waals surface area contributed by atoms with Crippen LogP contribution in [0, 0.1) is 31.6 Å². The number of fused-ring (bicyclic) bond motifs is 7. The molecule has 0 radical (unpaired) electrons. The molecule has 6 rings (SSSR count). The maximum absolute atomic E-state index is 14.1. The zero-order chi connectivity index (χ0) is 30.2. The summed E-state index contributed by atoms with van der Waals surface area (Å²) in [5.74, 6) is -1.03. The third-order valence-corrected chi connectivity index (χ3v) is 9.80. The molecule has 1 fully saturated rings. The Balaban J connectivity index is 0.00000368. The summed E-state index contributed by atoms with van der Waals surface area (Å²) in [7, 11) is 1.40. The van der Waals surface area contributed by atoms with Crippen LogP contribution < -0.4 is 26.4 Å². The van der Waals surface area contributed by atoms with Crippen molar-refractivity contribution >= 4 is 53.1 Å². The van der Waals surface area contributed by atoms with Gasteiger partial charge in [-0.25, -0.2) is 0 Å². The predicted molar refractivity (Wildman–Crippen MR) is 171 cm³/mol. The minimum absolute atomic E-state index is 0. The largest absolute Gasteiger partial charge is 2.00 e. The van der Waals surface area contributed by atoms with Crippen molar-refractivity contribution in [1.29, 1.82) is 0 Å². The van der Waals surface area contributed by atoms with Gasteiger partial charge in [0.1, 0.15) is 0 Å². The summed E-state index contributed by atoms with van der Waals surface area (Å²) in [6.45, 7) is 16.4. The number of nitrogens with zero attached hydrogens (tertiary/aromatic N) is 4. The van der Waals surface area contributed by atoms with Gasteiger partial charge in [0.15, 0.2) is 12.1 Å². The van der Waals surface area contributed by atoms with Crippen LogP contribution in [-0.2, 0) is 16.0 Å². The molecule has 8 bridgehead atoms. The summed E-state index contributed by atoms with van der Waals surface area (Å²) in [4.78, 5) is 24.2. The summed E-state index contributed by atoms with van der Waals surface area (Å²) in [6.07, 6.45) is 8.16. The topological polar surface area (TPSA) is 129 Å². The summed E-state index contributed by atoms with van der Waals surface area (Å²) in [5.41, 5.74) is 14.5. The van der Waals surface area contributed by atoms with Gasteiger partial charge in [0, 0.05) is 18.2 Å². The number of aromatic nitrogens is 2. The van der Waals surface area contributed by atoms with Crippen molar-refractivity contribution in [1.82, 2.24) is 9.97 Å². The number of hydrogen-bond donors (Lipinski definition) is 2. The molecule has 4 aliphatic rings. The van der Waals surface area contributed by atoms with Crippen molar-refractivity contribution in [2.24, 2.45) is 23.5 Å². The van der Waals surface area contributed by atoms with E-state index in [1.54, 1.807) is 0 Å². The fraction of sp³-hybridized carbons (Fsp3) is 0.441. The first kappa shape index (κ1) is 31.6. The zero-order valence-corrected chi connectivity index (χ0v) is 27.6. The van der Waals surface area contributed by atoms with E-state index in [0.29, 0.717) is 22.5 Å². The number of ether oxygens (including phenoxy) is 1. The monoisotopic (exact) mass is 589 g/mol. The molecule has 43 heavy (non-hydrogen) atoms. The molecule has 0 aromatic carbocycles. The second-order valence-corrected chi connectivity index (χ2v) is 12.1. The molecule has 1 aliphatic carbocycles. The minimum Gasteiger partial charge on any atom is -0.681 e. The van der Waals surface area contributed by atoms with Crippen LogP contribution in [0.25, 0.3) is 34.9 Å². The van der Waals surface area contributed by atoms with Crippen LogP contribution in [0.5, 0.6) is 0 Å². The first-order valence-electron chi connectivity index (χ1n) is 14.8. The molecule has 8 nitrogen and oxygen atoms in total. The van der Waals surface area contributed by atoms with E-state index in [2.05, 4.69) is 47.3 Å². The van der Waals surface area contributed by atoms with Gasteiger partial charge in [-0.05, 0) is 44.6 Å². The summed E-state index contributed by atoms with van der Waals surface area (Å²) >= 11 is 0. The van der Waals surface area contributed by atoms with Gasteiger partial charge in [-0.1, -0.05) is 80.3 Å². The quantitative estimate of drug-likeness (QED) is 0.407. The van der Waals surface area contributed by atoms with E-state index >= 15 is 0 Å². The predicted octanol–water partition coefficient (Wildman–Crippen LogP) is 3.20. The minimum atomic E-state index is -1.35. The average Bonchev–Trinajstić information content (AvgIpc) is 3.68. The number of Topliss-reactive ketones (excluding diaryl/α,β-unsaturated/α-hetero) is 1. The molecule has 222 valence electrons. The second kappa shape index (κ2) is 11.3. The SMILES string of the molecule is C=Cc1c(C)/c2[n-]/c1=C\c1[n-]c(c(CC)c1C)/C=C1\[N-]C3=C(C(=O)[C@H](C(O)OC)/C3=C3/[N-]C(\C=2)[C@@H](C)[C@@H]3CC)[C@@]1(C)N.[Mg+2]. The zero-order valence-electron chi connectivity index (χ0n) is 26.2. The molecule has 1 saturated heterocycles. The number of methoxy groups -OCH3 is 1. The third-order valence-electron chi connectivity index (χ3n) is 9.80. The van der Waals surface area contributed by atoms with Crippen LogP contribution in [0.15, 0.2) is 34.8 Å². The van der Waals surface area contributed by atoms with E-state index in [9.17, 15) is 9.90 Å². The molecule has 2 unspecified atom stereocenters. The smallest absolute Gasteiger partial charge is 0.681 e. The number of aliphatic hydroxyl groups excluding tert-OH is 1. The third kappa shape index (κ3) is 4.54. The van der Waals surface area contributed by atoms with Crippen LogP contribution in [0.1, 0.15) is 67.8 Å². The molecule has 5 heterocycles. The van der Waals surface area contributed by atoms with E-state index < -0.39 is 17.7 Å². The molecule has 3 N–H and O–H groups in total. The molecule has 9 heteroatoms. The Morgan fingerprint density at radius 2 is 1.88 bits per heavy atom. The maximum Gasteiger partial charge on any atom is 2.00 e. The first-order valence-corrected chi connectivity index (χ1v) is 14.8. The number of nitrogens with two attached hydrogens (primary N) is 1. The molecule has 0 amide bonds. The Bertz CT molecular complexity index is 1740. The number of rotatable bonds is 5. The van der Waals surface area contributed by atoms with Gasteiger partial charge in [0.05, 0.1) is 5.92 Å². The van der Waals surface area contributed by atoms with Gasteiger partial charge < -0.3 is 36.2 Å². The van der Waals surface area contributed by atoms with Crippen molar-refractivity contribution in [2.45, 2.75) is 72.3 Å². The van der Waals surface area contributed by atoms with Crippen molar-refractivity contribution in [3.8, 4) is 0 Å². The Hall–Kier alpha value is -2.82. The van der Waals surface area contributed by atoms with Crippen LogP contribution in [0.3, 0.4) is 0 Å². The number of allylic oxidation sites excluding steroid dienone is 2. The molecular weight excluding hydrogens is 551 g/mol. The number of hydrogen-bond acceptors (Lipinski definition) is 4. The Labute approximate surface area is 269 Å². The average molecular weight is 590 g/mol. The van der Waals surface area contributed by atoms with Crippen molar-refractivity contribution in [3.63, 3.8) is 0 Å². The van der Waals surface area contributed by atoms with Crippen molar-refractivity contribution in [3.05, 3.63) is 89.8 Å². The Kier molecular flexibility index (Phi) is 8.28. The molecule has 0 spiro atoms. The van der Waals surface area contributed by atoms with Crippen LogP contribution in [-0.4, -0.2) is 58.9 Å². The van der Waals surface area contributed by atoms with Gasteiger partial charge in [0.25, 0.3) is 0 Å². The standard InChI is InChI=1S/C34H40N5O3.Mg/c1-9-18-15(4)21-12-23-17(6)20(11-3)30(38-23)27-28(33(41)42-8)32(40)29-31(27)39-26(34(29,7)35)14-25-19(10-2)16(5)22(37-25)13-24(18)36-21;/h9,12-14,17,20,23,28,33,41H,1,10-11,35H2,2-8H3,(H-,38,39,40);/q-3;+2/p-1/b21-12-,24-13-,26-14-;/t17-,20-,23?,28+,33?,34-;/m0./s1. The number of aliphatic hydroxyl groups is 1. The number of carbonyl (C=O) groups is 1. The van der Waals surface area contributed by atoms with E-state index in [4.69, 9.17) is 31.1 Å². The van der Waals surface area contributed by atoms with E-state index in [1.807, 2.05) is 25.2 Å². The molecule has 3 aliphatic heterocycles. The fourth-order valence-electron chi connectivity index (χ4n) is 7.31. The Morgan fingerprint density at radius 3 is 2.51 bits per heavy atom. The molecule has 6 atom stereocenters. The fourth-order valence-corrected chi connectivity index (χ4v) is 7.31. The first-order chi connectivity index (χ1) is 20.0. The summed E-state index contributed by atoms with van der Waals surface area (Å²) in [6, 6.07) is -0.178. The molecule has 2 aromatic heterocycles. The Morgan fingerprint density at radius 1 is 1.16 bits per heavy atom. The van der Waals surface area contributed by atoms with Gasteiger partial charge in [-0.3, -0.25) is 4.79 Å². The van der Waals surface area contributed by atoms with E-state index in [1.165, 1.54) is 7.11 Å². The van der Waals surface area contributed by atoms with E-state index in [0.717, 1.165) is 62.9 Å². The van der Waals surface area contributed by atoms with Gasteiger partial charge in [-0.15, -0.1) is 39.6 Å². The summed E-state index contributed by atoms with van der Waals surface area (Å²) in [5, 5.41) is 23.0. The van der Waals surface area contributed by atoms with Crippen LogP contribution in [0.2, 0.25) is 0 Å². The molecule has 0 saturated carbocycles. The van der Waals surface area contributed by atoms with Gasteiger partial charge in [-0.2, -0.15) is 5.70 Å². The van der Waals surface area contributed by atoms with Crippen molar-refractivity contribution in [2.75, 3.05) is 7.11 Å². The molecule has 2 aromatic rings. The van der Waals surface area contributed by atoms with Crippen LogP contribution in [0.4, 0.5) is 0 Å². The van der Waals surface area contributed by atoms with Crippen molar-refractivity contribution < 1.29 is 14.6 Å². The van der Waals surface area contributed by atoms with Crippen LogP contribution >= 0.6 is 0 Å². The number of ketones is 1. The normalized spacial score (nSPS) is 32.6. The summed E-state index contributed by atoms with van der Waals surface area (Å²) < 4.78 is 5.35. The van der Waals surface area contributed by atoms with Gasteiger partial charge >= 0.3 is 23.1 Å². The maximum atomic E-state index is 14.1. The van der Waals surface area contributed by atoms with E-state index in [-0.39, 0.29) is 46.7 Å². The molecular formula is C34H39MgN5O3-2. The second-order valence-electron chi connectivity index (χ2n) is 12.1.